The predicted molar refractivity (Wildman–Crippen MR) is 119 cm³/mol. The fourth-order valence-corrected chi connectivity index (χ4v) is 3.79. The number of hydrogen-bond acceptors (Lipinski definition) is 6. The zero-order valence-corrected chi connectivity index (χ0v) is 18.9. The second-order valence-electron chi connectivity index (χ2n) is 6.52. The number of anilines is 1. The molecule has 1 aliphatic heterocycles. The summed E-state index contributed by atoms with van der Waals surface area (Å²) in [6.07, 6.45) is 2.15. The number of rotatable bonds is 7. The molecule has 0 radical (unpaired) electrons. The van der Waals surface area contributed by atoms with E-state index in [1.807, 2.05) is 6.07 Å². The first kappa shape index (κ1) is 22.3. The van der Waals surface area contributed by atoms with Crippen molar-refractivity contribution in [1.82, 2.24) is 4.90 Å². The van der Waals surface area contributed by atoms with E-state index in [4.69, 9.17) is 49.0 Å². The van der Waals surface area contributed by atoms with Crippen molar-refractivity contribution in [1.29, 1.82) is 0 Å². The number of hydrazone groups is 1. The second-order valence-corrected chi connectivity index (χ2v) is 7.77. The monoisotopic (exact) mass is 471 g/mol. The average molecular weight is 473 g/mol. The van der Waals surface area contributed by atoms with E-state index in [-0.39, 0.29) is 12.7 Å². The molecule has 0 aliphatic carbocycles. The van der Waals surface area contributed by atoms with Crippen LogP contribution in [0.2, 0.25) is 15.1 Å². The highest BCUT2D eigenvalue weighted by atomic mass is 35.5. The quantitative estimate of drug-likeness (QED) is 0.461. The fourth-order valence-electron chi connectivity index (χ4n) is 2.88. The molecule has 160 valence electrons. The molecule has 0 unspecified atom stereocenters. The summed E-state index contributed by atoms with van der Waals surface area (Å²) in [5, 5.41) is 5.38. The van der Waals surface area contributed by atoms with Gasteiger partial charge in [0.15, 0.2) is 11.5 Å². The molecule has 0 saturated carbocycles. The highest BCUT2D eigenvalue weighted by Crippen LogP contribution is 2.44. The third kappa shape index (κ3) is 4.86. The molecule has 0 bridgehead atoms. The van der Waals surface area contributed by atoms with Crippen molar-refractivity contribution in [3.63, 3.8) is 0 Å². The van der Waals surface area contributed by atoms with Gasteiger partial charge in [-0.1, -0.05) is 34.8 Å². The lowest BCUT2D eigenvalue weighted by Gasteiger charge is -2.17. The second kappa shape index (κ2) is 9.64. The maximum Gasteiger partial charge on any atom is 0.231 e. The smallest absolute Gasteiger partial charge is 0.231 e. The minimum Gasteiger partial charge on any atom is -0.492 e. The maximum absolute atomic E-state index is 11.6. The molecule has 0 fully saturated rings. The van der Waals surface area contributed by atoms with Crippen LogP contribution in [0.5, 0.6) is 17.2 Å². The molecule has 0 aromatic heterocycles. The number of nitrogens with one attached hydrogen (secondary N) is 1. The van der Waals surface area contributed by atoms with Gasteiger partial charge in [0.2, 0.25) is 18.4 Å². The van der Waals surface area contributed by atoms with Gasteiger partial charge >= 0.3 is 0 Å². The van der Waals surface area contributed by atoms with Crippen LogP contribution in [0, 0.1) is 0 Å². The van der Waals surface area contributed by atoms with Gasteiger partial charge in [0.25, 0.3) is 0 Å². The molecule has 1 amide bonds. The molecule has 7 nitrogen and oxygen atoms in total. The molecule has 3 rings (SSSR count). The summed E-state index contributed by atoms with van der Waals surface area (Å²) < 4.78 is 16.6. The number of likely N-dealkylation sites (N-methyl/N-ethyl adjacent to an activating group) is 1. The van der Waals surface area contributed by atoms with Crippen molar-refractivity contribution < 1.29 is 19.0 Å². The third-order valence-corrected chi connectivity index (χ3v) is 5.39. The number of hydrogen-bond donors (Lipinski definition) is 1. The molecule has 0 saturated heterocycles. The van der Waals surface area contributed by atoms with Gasteiger partial charge in [0.1, 0.15) is 0 Å². The van der Waals surface area contributed by atoms with Gasteiger partial charge in [-0.25, -0.2) is 0 Å². The first-order valence-electron chi connectivity index (χ1n) is 8.96. The van der Waals surface area contributed by atoms with E-state index in [0.29, 0.717) is 56.5 Å². The largest absolute Gasteiger partial charge is 0.492 e. The number of carbonyl (C=O) groups is 1. The highest BCUT2D eigenvalue weighted by Gasteiger charge is 2.25. The van der Waals surface area contributed by atoms with Crippen molar-refractivity contribution in [2.45, 2.75) is 13.3 Å². The molecular formula is C20H20Cl3N3O4. The first-order valence-corrected chi connectivity index (χ1v) is 10.1. The van der Waals surface area contributed by atoms with E-state index in [1.54, 1.807) is 37.4 Å². The van der Waals surface area contributed by atoms with Gasteiger partial charge < -0.3 is 19.1 Å². The number of amides is 1. The molecule has 1 aliphatic rings. The number of carbonyl (C=O) groups excluding carboxylic acids is 1. The summed E-state index contributed by atoms with van der Waals surface area (Å²) in [7, 11) is 3.28. The van der Waals surface area contributed by atoms with Crippen LogP contribution in [0.3, 0.4) is 0 Å². The molecule has 30 heavy (non-hydrogen) atoms. The van der Waals surface area contributed by atoms with Crippen LogP contribution in [-0.2, 0) is 11.2 Å². The van der Waals surface area contributed by atoms with Crippen molar-refractivity contribution in [2.24, 2.45) is 5.10 Å². The fraction of sp³-hybridized carbons (Fsp3) is 0.300. The summed E-state index contributed by atoms with van der Waals surface area (Å²) in [6.45, 7) is 2.14. The summed E-state index contributed by atoms with van der Waals surface area (Å²) >= 11 is 18.3. The number of halogens is 3. The molecule has 0 atom stereocenters. The third-order valence-electron chi connectivity index (χ3n) is 4.58. The van der Waals surface area contributed by atoms with E-state index in [9.17, 15) is 4.79 Å². The van der Waals surface area contributed by atoms with E-state index in [2.05, 4.69) is 10.5 Å². The zero-order chi connectivity index (χ0) is 21.8. The SMILES string of the molecule is COc1c(/C=N\Nc2c(Cl)cc(Cl)cc2Cl)c(CCN(C)C(C)=O)cc2c1OCO2. The highest BCUT2D eigenvalue weighted by molar-refractivity contribution is 6.41. The summed E-state index contributed by atoms with van der Waals surface area (Å²) in [4.78, 5) is 13.2. The summed E-state index contributed by atoms with van der Waals surface area (Å²) in [6, 6.07) is 5.00. The van der Waals surface area contributed by atoms with Crippen molar-refractivity contribution in [3.8, 4) is 17.2 Å². The Morgan fingerprint density at radius 1 is 1.27 bits per heavy atom. The lowest BCUT2D eigenvalue weighted by Crippen LogP contribution is -2.26. The first-order chi connectivity index (χ1) is 14.3. The van der Waals surface area contributed by atoms with E-state index < -0.39 is 0 Å². The number of nitrogens with zero attached hydrogens (tertiary/aromatic N) is 2. The maximum atomic E-state index is 11.6. The van der Waals surface area contributed by atoms with E-state index in [0.717, 1.165) is 5.56 Å². The van der Waals surface area contributed by atoms with Crippen LogP contribution < -0.4 is 19.6 Å². The van der Waals surface area contributed by atoms with Gasteiger partial charge in [0.05, 0.1) is 29.1 Å². The van der Waals surface area contributed by atoms with E-state index in [1.165, 1.54) is 6.92 Å². The normalized spacial score (nSPS) is 12.3. The lowest BCUT2D eigenvalue weighted by molar-refractivity contribution is -0.127. The van der Waals surface area contributed by atoms with Crippen LogP contribution in [-0.4, -0.2) is 44.5 Å². The molecular weight excluding hydrogens is 453 g/mol. The molecule has 2 aromatic rings. The van der Waals surface area contributed by atoms with Crippen LogP contribution in [0.1, 0.15) is 18.1 Å². The molecule has 1 heterocycles. The molecule has 10 heteroatoms. The van der Waals surface area contributed by atoms with Crippen molar-refractivity contribution >= 4 is 52.6 Å². The summed E-state index contributed by atoms with van der Waals surface area (Å²) in [5.41, 5.74) is 4.83. The topological polar surface area (TPSA) is 72.4 Å². The Labute approximate surface area is 189 Å². The minimum atomic E-state index is -0.0217. The van der Waals surface area contributed by atoms with Crippen LogP contribution in [0.15, 0.2) is 23.3 Å². The predicted octanol–water partition coefficient (Wildman–Crippen LogP) is 4.85. The van der Waals surface area contributed by atoms with Crippen molar-refractivity contribution in [3.05, 3.63) is 44.4 Å². The summed E-state index contributed by atoms with van der Waals surface area (Å²) in [5.74, 6) is 1.56. The van der Waals surface area contributed by atoms with Crippen molar-refractivity contribution in [2.75, 3.05) is 32.9 Å². The standard InChI is InChI=1S/C20H20Cl3N3O4/c1-11(27)26(2)5-4-12-6-17-20(30-10-29-17)19(28-3)14(12)9-24-25-18-15(22)7-13(21)8-16(18)23/h6-9,25H,4-5,10H2,1-3H3/b24-9-. The molecule has 1 N–H and O–H groups in total. The zero-order valence-electron chi connectivity index (χ0n) is 16.6. The Hall–Kier alpha value is -2.35. The van der Waals surface area contributed by atoms with Crippen LogP contribution in [0.25, 0.3) is 0 Å². The minimum absolute atomic E-state index is 0.0217. The Balaban J connectivity index is 1.93. The Morgan fingerprint density at radius 3 is 2.60 bits per heavy atom. The van der Waals surface area contributed by atoms with E-state index >= 15 is 0 Å². The average Bonchev–Trinajstić information content (AvgIpc) is 3.15. The van der Waals surface area contributed by atoms with Gasteiger partial charge in [-0.05, 0) is 30.2 Å². The lowest BCUT2D eigenvalue weighted by atomic mass is 10.0. The van der Waals surface area contributed by atoms with Crippen LogP contribution in [0.4, 0.5) is 5.69 Å². The number of benzene rings is 2. The Kier molecular flexibility index (Phi) is 7.18. The van der Waals surface area contributed by atoms with Gasteiger partial charge in [-0.15, -0.1) is 0 Å². The molecule has 0 spiro atoms. The van der Waals surface area contributed by atoms with Gasteiger partial charge in [-0.3, -0.25) is 10.2 Å². The Morgan fingerprint density at radius 2 is 1.97 bits per heavy atom. The molecule has 2 aromatic carbocycles. The van der Waals surface area contributed by atoms with Gasteiger partial charge in [0, 0.05) is 31.1 Å². The number of fused-ring (bicyclic) bond motifs is 1. The van der Waals surface area contributed by atoms with Gasteiger partial charge in [-0.2, -0.15) is 5.10 Å². The Bertz CT molecular complexity index is 975. The number of ether oxygens (including phenoxy) is 3. The number of methoxy groups -OCH3 is 1. The van der Waals surface area contributed by atoms with Crippen LogP contribution >= 0.6 is 34.8 Å².